The van der Waals surface area contributed by atoms with Crippen molar-refractivity contribution in [2.45, 2.75) is 39.0 Å². The van der Waals surface area contributed by atoms with Gasteiger partial charge in [-0.3, -0.25) is 9.52 Å². The van der Waals surface area contributed by atoms with Crippen LogP contribution in [0.1, 0.15) is 31.5 Å². The topological polar surface area (TPSA) is 85.4 Å². The molecule has 0 aliphatic carbocycles. The summed E-state index contributed by atoms with van der Waals surface area (Å²) in [5, 5.41) is 0.718. The van der Waals surface area contributed by atoms with Crippen molar-refractivity contribution in [1.82, 2.24) is 4.98 Å². The number of anilines is 1. The third-order valence-corrected chi connectivity index (χ3v) is 7.34. The lowest BCUT2D eigenvalue weighted by atomic mass is 9.89. The van der Waals surface area contributed by atoms with Crippen molar-refractivity contribution in [1.29, 1.82) is 0 Å². The predicted octanol–water partition coefficient (Wildman–Crippen LogP) is 5.09. The fourth-order valence-corrected chi connectivity index (χ4v) is 5.26. The molecule has 0 aliphatic heterocycles. The number of Topliss-reactive ketones (excluding diaryl/α,β-unsaturated/α-hetero) is 1. The molecule has 1 aromatic heterocycles. The van der Waals surface area contributed by atoms with Gasteiger partial charge in [0.1, 0.15) is 21.4 Å². The van der Waals surface area contributed by atoms with E-state index >= 15 is 0 Å². The van der Waals surface area contributed by atoms with Gasteiger partial charge in [0.15, 0.2) is 0 Å². The van der Waals surface area contributed by atoms with E-state index in [1.165, 1.54) is 18.4 Å². The zero-order valence-electron chi connectivity index (χ0n) is 18.2. The van der Waals surface area contributed by atoms with Crippen LogP contribution in [-0.2, 0) is 21.2 Å². The Morgan fingerprint density at radius 3 is 2.42 bits per heavy atom. The summed E-state index contributed by atoms with van der Waals surface area (Å²) in [6.45, 7) is 7.52. The van der Waals surface area contributed by atoms with Crippen LogP contribution in [0.5, 0.6) is 5.75 Å². The van der Waals surface area contributed by atoms with Gasteiger partial charge >= 0.3 is 0 Å². The molecule has 1 N–H and O–H groups in total. The number of benzene rings is 2. The summed E-state index contributed by atoms with van der Waals surface area (Å²) in [5.41, 5.74) is 1.49. The van der Waals surface area contributed by atoms with Gasteiger partial charge in [0, 0.05) is 11.1 Å². The number of carbonyl (C=O) groups is 1. The molecule has 0 aliphatic rings. The zero-order chi connectivity index (χ0) is 22.8. The summed E-state index contributed by atoms with van der Waals surface area (Å²) in [4.78, 5) is 17.8. The van der Waals surface area contributed by atoms with Crippen LogP contribution in [0.15, 0.2) is 53.4 Å². The summed E-state index contributed by atoms with van der Waals surface area (Å²) >= 11 is 1.41. The monoisotopic (exact) mass is 458 g/mol. The molecule has 0 bridgehead atoms. The number of methoxy groups -OCH3 is 1. The molecule has 0 radical (unpaired) electrons. The van der Waals surface area contributed by atoms with E-state index in [1.54, 1.807) is 42.5 Å². The van der Waals surface area contributed by atoms with Gasteiger partial charge in [-0.2, -0.15) is 0 Å². The highest BCUT2D eigenvalue weighted by Gasteiger charge is 2.25. The zero-order valence-corrected chi connectivity index (χ0v) is 19.9. The van der Waals surface area contributed by atoms with Gasteiger partial charge in [-0.25, -0.2) is 13.4 Å². The van der Waals surface area contributed by atoms with Crippen molar-refractivity contribution in [3.63, 3.8) is 0 Å². The summed E-state index contributed by atoms with van der Waals surface area (Å²) in [6.07, 6.45) is 0.256. The smallest absolute Gasteiger partial charge is 0.265 e. The van der Waals surface area contributed by atoms with Gasteiger partial charge in [0.2, 0.25) is 0 Å². The number of ether oxygens (including phenoxy) is 1. The molecule has 3 aromatic rings. The molecule has 0 amide bonds. The molecule has 0 saturated heterocycles. The first kappa shape index (κ1) is 23.0. The number of ketones is 1. The van der Waals surface area contributed by atoms with Crippen LogP contribution in [0.3, 0.4) is 0 Å². The van der Waals surface area contributed by atoms with Crippen LogP contribution in [0.25, 0.3) is 10.4 Å². The van der Waals surface area contributed by atoms with E-state index in [4.69, 9.17) is 4.74 Å². The maximum atomic E-state index is 13.1. The number of aromatic nitrogens is 1. The summed E-state index contributed by atoms with van der Waals surface area (Å²) in [7, 11) is -2.44. The predicted molar refractivity (Wildman–Crippen MR) is 124 cm³/mol. The quantitative estimate of drug-likeness (QED) is 0.533. The van der Waals surface area contributed by atoms with Gasteiger partial charge in [-0.1, -0.05) is 39.0 Å². The Bertz CT molecular complexity index is 1190. The van der Waals surface area contributed by atoms with Crippen molar-refractivity contribution in [3.05, 3.63) is 59.2 Å². The lowest BCUT2D eigenvalue weighted by molar-refractivity contribution is -0.125. The van der Waals surface area contributed by atoms with Crippen molar-refractivity contribution in [2.24, 2.45) is 5.41 Å². The van der Waals surface area contributed by atoms with Gasteiger partial charge in [-0.15, -0.1) is 11.3 Å². The van der Waals surface area contributed by atoms with E-state index < -0.39 is 15.4 Å². The number of rotatable bonds is 7. The number of nitrogens with one attached hydrogen (secondary N) is 1. The van der Waals surface area contributed by atoms with Gasteiger partial charge in [-0.05, 0) is 42.8 Å². The number of para-hydroxylation sites is 1. The molecule has 0 saturated carbocycles. The van der Waals surface area contributed by atoms with E-state index in [0.29, 0.717) is 11.3 Å². The van der Waals surface area contributed by atoms with Crippen LogP contribution < -0.4 is 9.46 Å². The number of thiazole rings is 1. The molecule has 6 nitrogen and oxygen atoms in total. The summed E-state index contributed by atoms with van der Waals surface area (Å²) < 4.78 is 34.0. The van der Waals surface area contributed by atoms with Gasteiger partial charge in [0.25, 0.3) is 10.0 Å². The minimum Gasteiger partial charge on any atom is -0.495 e. The van der Waals surface area contributed by atoms with Crippen LogP contribution in [0.4, 0.5) is 5.69 Å². The lowest BCUT2D eigenvalue weighted by Crippen LogP contribution is -2.21. The molecular weight excluding hydrogens is 432 g/mol. The molecule has 1 heterocycles. The summed E-state index contributed by atoms with van der Waals surface area (Å²) in [6, 6.07) is 13.7. The van der Waals surface area contributed by atoms with Crippen molar-refractivity contribution < 1.29 is 17.9 Å². The minimum atomic E-state index is -3.88. The first-order chi connectivity index (χ1) is 14.5. The highest BCUT2D eigenvalue weighted by Crippen LogP contribution is 2.36. The number of carbonyl (C=O) groups excluding carboxylic acids is 1. The van der Waals surface area contributed by atoms with Crippen molar-refractivity contribution >= 4 is 32.8 Å². The maximum Gasteiger partial charge on any atom is 0.265 e. The van der Waals surface area contributed by atoms with E-state index in [0.717, 1.165) is 15.6 Å². The SMILES string of the molecule is COc1ccc(-c2sc(CC(=O)C(C)(C)C)nc2C)cc1S(=O)(=O)Nc1ccccc1. The Labute approximate surface area is 187 Å². The fourth-order valence-electron chi connectivity index (χ4n) is 2.94. The van der Waals surface area contributed by atoms with Gasteiger partial charge < -0.3 is 4.74 Å². The van der Waals surface area contributed by atoms with Crippen LogP contribution >= 0.6 is 11.3 Å². The van der Waals surface area contributed by atoms with Gasteiger partial charge in [0.05, 0.1) is 24.1 Å². The molecule has 0 spiro atoms. The Hall–Kier alpha value is -2.71. The first-order valence-corrected chi connectivity index (χ1v) is 12.1. The molecule has 0 unspecified atom stereocenters. The Morgan fingerprint density at radius 1 is 1.13 bits per heavy atom. The number of aryl methyl sites for hydroxylation is 1. The molecule has 2 aromatic carbocycles. The highest BCUT2D eigenvalue weighted by molar-refractivity contribution is 7.92. The van der Waals surface area contributed by atoms with Crippen LogP contribution in [0.2, 0.25) is 0 Å². The largest absolute Gasteiger partial charge is 0.495 e. The summed E-state index contributed by atoms with van der Waals surface area (Å²) in [5.74, 6) is 0.357. The van der Waals surface area contributed by atoms with Crippen molar-refractivity contribution in [2.75, 3.05) is 11.8 Å². The molecule has 0 atom stereocenters. The average molecular weight is 459 g/mol. The number of nitrogens with zero attached hydrogens (tertiary/aromatic N) is 1. The van der Waals surface area contributed by atoms with Crippen molar-refractivity contribution in [3.8, 4) is 16.2 Å². The average Bonchev–Trinajstić information content (AvgIpc) is 3.07. The van der Waals surface area contributed by atoms with E-state index in [9.17, 15) is 13.2 Å². The first-order valence-electron chi connectivity index (χ1n) is 9.77. The molecule has 0 fully saturated rings. The molecule has 8 heteroatoms. The second-order valence-corrected chi connectivity index (χ2v) is 10.9. The number of sulfonamides is 1. The lowest BCUT2D eigenvalue weighted by Gasteiger charge is -2.15. The maximum absolute atomic E-state index is 13.1. The number of hydrogen-bond donors (Lipinski definition) is 1. The highest BCUT2D eigenvalue weighted by atomic mass is 32.2. The third-order valence-electron chi connectivity index (χ3n) is 4.73. The Balaban J connectivity index is 1.98. The van der Waals surface area contributed by atoms with E-state index in [2.05, 4.69) is 9.71 Å². The normalized spacial score (nSPS) is 11.9. The molecule has 164 valence electrons. The number of hydrogen-bond acceptors (Lipinski definition) is 6. The molecule has 31 heavy (non-hydrogen) atoms. The fraction of sp³-hybridized carbons (Fsp3) is 0.304. The standard InChI is InChI=1S/C23H26N2O4S2/c1-15-22(30-21(24-15)14-20(26)23(2,3)4)16-11-12-18(29-5)19(13-16)31(27,28)25-17-9-7-6-8-10-17/h6-13,25H,14H2,1-5H3. The van der Waals surface area contributed by atoms with Crippen LogP contribution in [0, 0.1) is 12.3 Å². The Kier molecular flexibility index (Phi) is 6.52. The van der Waals surface area contributed by atoms with E-state index in [-0.39, 0.29) is 22.8 Å². The Morgan fingerprint density at radius 2 is 1.81 bits per heavy atom. The van der Waals surface area contributed by atoms with E-state index in [1.807, 2.05) is 33.8 Å². The van der Waals surface area contributed by atoms with Crippen LogP contribution in [-0.4, -0.2) is 26.3 Å². The second-order valence-electron chi connectivity index (χ2n) is 8.21. The molecular formula is C23H26N2O4S2. The molecule has 3 rings (SSSR count). The third kappa shape index (κ3) is 5.32. The minimum absolute atomic E-state index is 0.0384. The second kappa shape index (κ2) is 8.80.